The number of benzene rings is 2. The Balaban J connectivity index is 2.43. The summed E-state index contributed by atoms with van der Waals surface area (Å²) in [5.41, 5.74) is -0.144. The summed E-state index contributed by atoms with van der Waals surface area (Å²) in [5, 5.41) is 0. The van der Waals surface area contributed by atoms with Gasteiger partial charge in [-0.1, -0.05) is 22.0 Å². The van der Waals surface area contributed by atoms with Crippen molar-refractivity contribution in [3.8, 4) is 5.75 Å². The Hall–Kier alpha value is -1.95. The molecule has 146 valence electrons. The summed E-state index contributed by atoms with van der Waals surface area (Å²) in [7, 11) is -4.08. The van der Waals surface area contributed by atoms with E-state index >= 15 is 0 Å². The number of ether oxygens (including phenoxy) is 1. The topological polar surface area (TPSA) is 110 Å². The molecule has 2 aromatic carbocycles. The number of halogens is 1. The van der Waals surface area contributed by atoms with E-state index in [-0.39, 0.29) is 21.1 Å². The van der Waals surface area contributed by atoms with Crippen molar-refractivity contribution >= 4 is 41.9 Å². The lowest BCUT2D eigenvalue weighted by Gasteiger charge is -2.15. The van der Waals surface area contributed by atoms with Crippen molar-refractivity contribution in [3.05, 3.63) is 52.5 Å². The van der Waals surface area contributed by atoms with Gasteiger partial charge in [0.05, 0.1) is 12.0 Å². The van der Waals surface area contributed by atoms with E-state index in [1.807, 2.05) is 4.72 Å². The van der Waals surface area contributed by atoms with Crippen molar-refractivity contribution in [1.82, 2.24) is 9.03 Å². The van der Waals surface area contributed by atoms with E-state index in [0.29, 0.717) is 4.47 Å². The molecule has 2 rings (SSSR count). The number of hydrogen-bond donors (Lipinski definition) is 1. The maximum Gasteiger partial charge on any atom is 0.265 e. The molecule has 0 radical (unpaired) electrons. The zero-order valence-electron chi connectivity index (χ0n) is 14.6. The van der Waals surface area contributed by atoms with Crippen LogP contribution >= 0.6 is 15.9 Å². The van der Waals surface area contributed by atoms with Crippen LogP contribution in [0.15, 0.2) is 56.7 Å². The largest absolute Gasteiger partial charge is 0.495 e. The van der Waals surface area contributed by atoms with E-state index in [4.69, 9.17) is 4.74 Å². The molecule has 11 heteroatoms. The summed E-state index contributed by atoms with van der Waals surface area (Å²) in [6.45, 7) is 0. The first-order valence-corrected chi connectivity index (χ1v) is 11.1. The summed E-state index contributed by atoms with van der Waals surface area (Å²) < 4.78 is 58.1. The molecule has 0 saturated heterocycles. The molecular formula is C16H17BrN2O6S2. The molecule has 2 aromatic rings. The molecule has 0 aromatic heterocycles. The Morgan fingerprint density at radius 1 is 1.07 bits per heavy atom. The molecule has 0 bridgehead atoms. The Kier molecular flexibility index (Phi) is 6.30. The van der Waals surface area contributed by atoms with Gasteiger partial charge in [0, 0.05) is 24.1 Å². The zero-order chi connectivity index (χ0) is 20.4. The third-order valence-corrected chi connectivity index (χ3v) is 7.18. The van der Waals surface area contributed by atoms with Gasteiger partial charge >= 0.3 is 0 Å². The standard InChI is InChI=1S/C16H17BrN2O6S2/c1-19(2)27(23,24)15-9-11(7-8-14(15)25-3)16(20)18-26(21,22)13-6-4-5-12(17)10-13/h4-10H,1-3H3,(H,18,20). The minimum absolute atomic E-state index is 0.0371. The highest BCUT2D eigenvalue weighted by atomic mass is 79.9. The molecule has 0 aliphatic heterocycles. The predicted molar refractivity (Wildman–Crippen MR) is 103 cm³/mol. The lowest BCUT2D eigenvalue weighted by Crippen LogP contribution is -2.31. The van der Waals surface area contributed by atoms with Gasteiger partial charge in [-0.05, 0) is 36.4 Å². The quantitative estimate of drug-likeness (QED) is 0.680. The fourth-order valence-electron chi connectivity index (χ4n) is 2.09. The van der Waals surface area contributed by atoms with E-state index in [1.54, 1.807) is 6.07 Å². The second-order valence-electron chi connectivity index (χ2n) is 5.55. The number of carbonyl (C=O) groups is 1. The first-order chi connectivity index (χ1) is 12.5. The van der Waals surface area contributed by atoms with E-state index < -0.39 is 26.0 Å². The molecule has 0 heterocycles. The fraction of sp³-hybridized carbons (Fsp3) is 0.188. The van der Waals surface area contributed by atoms with Gasteiger partial charge in [-0.15, -0.1) is 0 Å². The van der Waals surface area contributed by atoms with Crippen molar-refractivity contribution in [2.75, 3.05) is 21.2 Å². The molecule has 0 fully saturated rings. The SMILES string of the molecule is COc1ccc(C(=O)NS(=O)(=O)c2cccc(Br)c2)cc1S(=O)(=O)N(C)C. The lowest BCUT2D eigenvalue weighted by atomic mass is 10.2. The smallest absolute Gasteiger partial charge is 0.265 e. The second-order valence-corrected chi connectivity index (χ2v) is 10.3. The van der Waals surface area contributed by atoms with Crippen LogP contribution in [0.25, 0.3) is 0 Å². The zero-order valence-corrected chi connectivity index (χ0v) is 17.9. The van der Waals surface area contributed by atoms with Gasteiger partial charge in [0.2, 0.25) is 10.0 Å². The summed E-state index contributed by atoms with van der Waals surface area (Å²) in [6.07, 6.45) is 0. The van der Waals surface area contributed by atoms with Gasteiger partial charge in [0.1, 0.15) is 10.6 Å². The first-order valence-electron chi connectivity index (χ1n) is 7.42. The average molecular weight is 477 g/mol. The highest BCUT2D eigenvalue weighted by molar-refractivity contribution is 9.10. The van der Waals surface area contributed by atoms with Crippen molar-refractivity contribution in [3.63, 3.8) is 0 Å². The number of methoxy groups -OCH3 is 1. The Morgan fingerprint density at radius 2 is 1.74 bits per heavy atom. The molecule has 0 spiro atoms. The summed E-state index contributed by atoms with van der Waals surface area (Å²) in [5.74, 6) is -0.928. The molecule has 1 N–H and O–H groups in total. The van der Waals surface area contributed by atoms with Crippen molar-refractivity contribution in [2.24, 2.45) is 0 Å². The number of rotatable bonds is 6. The van der Waals surface area contributed by atoms with Gasteiger partial charge in [0.25, 0.3) is 15.9 Å². The Labute approximate surface area is 166 Å². The molecular weight excluding hydrogens is 460 g/mol. The number of hydrogen-bond acceptors (Lipinski definition) is 6. The first kappa shape index (κ1) is 21.4. The van der Waals surface area contributed by atoms with Gasteiger partial charge < -0.3 is 4.74 Å². The van der Waals surface area contributed by atoms with Gasteiger partial charge in [-0.3, -0.25) is 4.79 Å². The van der Waals surface area contributed by atoms with Crippen molar-refractivity contribution in [2.45, 2.75) is 9.79 Å². The van der Waals surface area contributed by atoms with Gasteiger partial charge in [-0.2, -0.15) is 0 Å². The van der Waals surface area contributed by atoms with Crippen LogP contribution in [0.5, 0.6) is 5.75 Å². The summed E-state index contributed by atoms with van der Waals surface area (Å²) >= 11 is 3.16. The van der Waals surface area contributed by atoms with Crippen molar-refractivity contribution in [1.29, 1.82) is 0 Å². The third kappa shape index (κ3) is 4.67. The van der Waals surface area contributed by atoms with E-state index in [2.05, 4.69) is 15.9 Å². The minimum Gasteiger partial charge on any atom is -0.495 e. The number of nitrogens with one attached hydrogen (secondary N) is 1. The molecule has 0 aliphatic rings. The monoisotopic (exact) mass is 476 g/mol. The Bertz CT molecular complexity index is 1080. The summed E-state index contributed by atoms with van der Waals surface area (Å²) in [4.78, 5) is 12.1. The highest BCUT2D eigenvalue weighted by Crippen LogP contribution is 2.27. The molecule has 0 aliphatic carbocycles. The van der Waals surface area contributed by atoms with Crippen LogP contribution in [-0.2, 0) is 20.0 Å². The lowest BCUT2D eigenvalue weighted by molar-refractivity contribution is 0.0981. The van der Waals surface area contributed by atoms with E-state index in [9.17, 15) is 21.6 Å². The maximum absolute atomic E-state index is 12.4. The fourth-order valence-corrected chi connectivity index (χ4v) is 4.74. The van der Waals surface area contributed by atoms with Crippen LogP contribution < -0.4 is 9.46 Å². The highest BCUT2D eigenvalue weighted by Gasteiger charge is 2.25. The number of amides is 1. The molecule has 27 heavy (non-hydrogen) atoms. The molecule has 0 unspecified atom stereocenters. The van der Waals surface area contributed by atoms with Gasteiger partial charge in [0.15, 0.2) is 0 Å². The molecule has 0 saturated carbocycles. The van der Waals surface area contributed by atoms with Crippen LogP contribution in [0.3, 0.4) is 0 Å². The Morgan fingerprint density at radius 3 is 2.30 bits per heavy atom. The van der Waals surface area contributed by atoms with E-state index in [0.717, 1.165) is 10.4 Å². The predicted octanol–water partition coefficient (Wildman–Crippen LogP) is 1.83. The third-order valence-electron chi connectivity index (χ3n) is 3.52. The average Bonchev–Trinajstić information content (AvgIpc) is 2.60. The van der Waals surface area contributed by atoms with Gasteiger partial charge in [-0.25, -0.2) is 25.9 Å². The second kappa shape index (κ2) is 7.97. The summed E-state index contributed by atoms with van der Waals surface area (Å²) in [6, 6.07) is 9.46. The molecule has 8 nitrogen and oxygen atoms in total. The van der Waals surface area contributed by atoms with Crippen LogP contribution in [0.2, 0.25) is 0 Å². The van der Waals surface area contributed by atoms with E-state index in [1.165, 1.54) is 51.5 Å². The molecule has 0 atom stereocenters. The maximum atomic E-state index is 12.4. The minimum atomic E-state index is -4.13. The normalized spacial score (nSPS) is 12.0. The molecule has 1 amide bonds. The number of carbonyl (C=O) groups excluding carboxylic acids is 1. The van der Waals surface area contributed by atoms with Crippen LogP contribution in [0.1, 0.15) is 10.4 Å². The van der Waals surface area contributed by atoms with Crippen LogP contribution in [0.4, 0.5) is 0 Å². The van der Waals surface area contributed by atoms with Crippen LogP contribution in [-0.4, -0.2) is 48.3 Å². The number of sulfonamides is 2. The number of nitrogens with zero attached hydrogens (tertiary/aromatic N) is 1. The van der Waals surface area contributed by atoms with Crippen molar-refractivity contribution < 1.29 is 26.4 Å². The van der Waals surface area contributed by atoms with Crippen LogP contribution in [0, 0.1) is 0 Å².